The number of hydrogen-bond acceptors (Lipinski definition) is 5. The largest absolute Gasteiger partial charge is 0.478 e. The lowest BCUT2D eigenvalue weighted by Gasteiger charge is -2.22. The Morgan fingerprint density at radius 3 is 2.25 bits per heavy atom. The third-order valence-corrected chi connectivity index (χ3v) is 4.27. The molecular weight excluding hydrogens is 362 g/mol. The van der Waals surface area contributed by atoms with Gasteiger partial charge < -0.3 is 19.9 Å². The van der Waals surface area contributed by atoms with Gasteiger partial charge in [0.1, 0.15) is 18.4 Å². The van der Waals surface area contributed by atoms with E-state index in [0.29, 0.717) is 6.42 Å². The van der Waals surface area contributed by atoms with Crippen molar-refractivity contribution < 1.29 is 29.0 Å². The number of esters is 1. The van der Waals surface area contributed by atoms with Crippen molar-refractivity contribution in [1.82, 2.24) is 5.32 Å². The summed E-state index contributed by atoms with van der Waals surface area (Å²) in [4.78, 5) is 35.5. The van der Waals surface area contributed by atoms with Gasteiger partial charge in [-0.15, -0.1) is 0 Å². The molecule has 28 heavy (non-hydrogen) atoms. The van der Waals surface area contributed by atoms with Crippen LogP contribution in [0.15, 0.2) is 54.6 Å². The Morgan fingerprint density at radius 1 is 1.04 bits per heavy atom. The van der Waals surface area contributed by atoms with E-state index in [2.05, 4.69) is 5.32 Å². The molecule has 0 saturated heterocycles. The predicted octanol–water partition coefficient (Wildman–Crippen LogP) is 3.63. The second-order valence-corrected chi connectivity index (χ2v) is 6.32. The molecule has 0 unspecified atom stereocenters. The number of ether oxygens (including phenoxy) is 2. The van der Waals surface area contributed by atoms with E-state index < -0.39 is 24.1 Å². The summed E-state index contributed by atoms with van der Waals surface area (Å²) in [6.45, 7) is 3.80. The quantitative estimate of drug-likeness (QED) is 0.531. The molecule has 2 N–H and O–H groups in total. The molecule has 2 atom stereocenters. The lowest BCUT2D eigenvalue weighted by atomic mass is 9.99. The molecule has 0 spiro atoms. The van der Waals surface area contributed by atoms with Crippen molar-refractivity contribution in [2.24, 2.45) is 5.92 Å². The number of carboxylic acids is 1. The van der Waals surface area contributed by atoms with Gasteiger partial charge in [-0.1, -0.05) is 50.6 Å². The van der Waals surface area contributed by atoms with Crippen LogP contribution in [0.2, 0.25) is 0 Å². The Morgan fingerprint density at radius 2 is 1.68 bits per heavy atom. The van der Waals surface area contributed by atoms with Crippen LogP contribution in [0.4, 0.5) is 4.79 Å². The van der Waals surface area contributed by atoms with E-state index in [9.17, 15) is 14.4 Å². The van der Waals surface area contributed by atoms with Crippen molar-refractivity contribution >= 4 is 18.0 Å². The average Bonchev–Trinajstić information content (AvgIpc) is 2.71. The third-order valence-electron chi connectivity index (χ3n) is 4.27. The summed E-state index contributed by atoms with van der Waals surface area (Å²) in [6.07, 6.45) is -0.0798. The topological polar surface area (TPSA) is 102 Å². The maximum Gasteiger partial charge on any atom is 0.408 e. The summed E-state index contributed by atoms with van der Waals surface area (Å²) < 4.78 is 10.5. The Kier molecular flexibility index (Phi) is 7.56. The minimum absolute atomic E-state index is 0.0842. The fourth-order valence-electron chi connectivity index (χ4n) is 2.41. The summed E-state index contributed by atoms with van der Waals surface area (Å²) in [5, 5.41) is 11.5. The maximum absolute atomic E-state index is 12.5. The number of hydrogen-bond donors (Lipinski definition) is 2. The monoisotopic (exact) mass is 385 g/mol. The zero-order chi connectivity index (χ0) is 20.5. The Balaban J connectivity index is 1.98. The fourth-order valence-corrected chi connectivity index (χ4v) is 2.41. The number of amides is 1. The van der Waals surface area contributed by atoms with Gasteiger partial charge in [-0.2, -0.15) is 0 Å². The molecule has 0 aliphatic heterocycles. The molecule has 0 aromatic heterocycles. The molecular formula is C21H23NO6. The molecule has 0 bridgehead atoms. The third kappa shape index (κ3) is 6.12. The number of rotatable bonds is 8. The number of carbonyl (C=O) groups is 3. The minimum atomic E-state index is -1.07. The van der Waals surface area contributed by atoms with Gasteiger partial charge in [0, 0.05) is 0 Å². The van der Waals surface area contributed by atoms with Crippen LogP contribution >= 0.6 is 0 Å². The van der Waals surface area contributed by atoms with Gasteiger partial charge in [-0.05, 0) is 35.7 Å². The highest BCUT2D eigenvalue weighted by molar-refractivity contribution is 5.88. The molecule has 2 aromatic carbocycles. The first-order valence-electron chi connectivity index (χ1n) is 8.93. The van der Waals surface area contributed by atoms with Gasteiger partial charge >= 0.3 is 18.0 Å². The smallest absolute Gasteiger partial charge is 0.408 e. The Bertz CT molecular complexity index is 803. The second-order valence-electron chi connectivity index (χ2n) is 6.32. The first-order chi connectivity index (χ1) is 13.4. The molecule has 2 aromatic rings. The van der Waals surface area contributed by atoms with Gasteiger partial charge in [0.25, 0.3) is 0 Å². The molecule has 0 radical (unpaired) electrons. The van der Waals surface area contributed by atoms with Crippen molar-refractivity contribution in [1.29, 1.82) is 0 Å². The van der Waals surface area contributed by atoms with Crippen LogP contribution in [0.5, 0.6) is 5.75 Å². The fraction of sp³-hybridized carbons (Fsp3) is 0.286. The lowest BCUT2D eigenvalue weighted by Crippen LogP contribution is -2.47. The van der Waals surface area contributed by atoms with E-state index in [1.54, 1.807) is 0 Å². The molecule has 1 amide bonds. The number of aromatic carboxylic acids is 1. The standard InChI is InChI=1S/C21H23NO6/c1-3-14(2)18(22-21(26)27-13-15-7-5-4-6-8-15)20(25)28-17-11-9-16(10-12-17)19(23)24/h4-12,14,18H,3,13H2,1-2H3,(H,22,26)(H,23,24)/t14-,18-/m0/s1. The summed E-state index contributed by atoms with van der Waals surface area (Å²) >= 11 is 0. The SMILES string of the molecule is CC[C@H](C)[C@H](NC(=O)OCc1ccccc1)C(=O)Oc1ccc(C(=O)O)cc1. The maximum atomic E-state index is 12.5. The summed E-state index contributed by atoms with van der Waals surface area (Å²) in [6, 6.07) is 13.8. The van der Waals surface area contributed by atoms with Gasteiger partial charge in [0.2, 0.25) is 0 Å². The van der Waals surface area contributed by atoms with E-state index in [4.69, 9.17) is 14.6 Å². The Hall–Kier alpha value is -3.35. The van der Waals surface area contributed by atoms with Crippen LogP contribution in [-0.2, 0) is 16.1 Å². The number of benzene rings is 2. The molecule has 2 rings (SSSR count). The number of carbonyl (C=O) groups excluding carboxylic acids is 2. The van der Waals surface area contributed by atoms with Crippen LogP contribution in [0.1, 0.15) is 36.2 Å². The highest BCUT2D eigenvalue weighted by atomic mass is 16.6. The van der Waals surface area contributed by atoms with Crippen molar-refractivity contribution in [3.63, 3.8) is 0 Å². The van der Waals surface area contributed by atoms with E-state index >= 15 is 0 Å². The normalized spacial score (nSPS) is 12.5. The molecule has 0 heterocycles. The number of nitrogens with one attached hydrogen (secondary N) is 1. The van der Waals surface area contributed by atoms with Gasteiger partial charge in [0.05, 0.1) is 5.56 Å². The first kappa shape index (κ1) is 21.0. The van der Waals surface area contributed by atoms with Crippen LogP contribution < -0.4 is 10.1 Å². The number of carboxylic acid groups (broad SMARTS) is 1. The molecule has 148 valence electrons. The van der Waals surface area contributed by atoms with Crippen molar-refractivity contribution in [2.45, 2.75) is 32.9 Å². The van der Waals surface area contributed by atoms with Crippen LogP contribution in [0, 0.1) is 5.92 Å². The van der Waals surface area contributed by atoms with E-state index in [0.717, 1.165) is 5.56 Å². The second kappa shape index (κ2) is 10.1. The van der Waals surface area contributed by atoms with Crippen LogP contribution in [0.25, 0.3) is 0 Å². The lowest BCUT2D eigenvalue weighted by molar-refractivity contribution is -0.138. The van der Waals surface area contributed by atoms with Gasteiger partial charge in [-0.3, -0.25) is 0 Å². The summed E-state index contributed by atoms with van der Waals surface area (Å²) in [5.41, 5.74) is 0.916. The van der Waals surface area contributed by atoms with Crippen molar-refractivity contribution in [2.75, 3.05) is 0 Å². The number of alkyl carbamates (subject to hydrolysis) is 1. The highest BCUT2D eigenvalue weighted by Gasteiger charge is 2.28. The molecule has 7 nitrogen and oxygen atoms in total. The zero-order valence-electron chi connectivity index (χ0n) is 15.8. The molecule has 7 heteroatoms. The van der Waals surface area contributed by atoms with E-state index in [1.165, 1.54) is 24.3 Å². The van der Waals surface area contributed by atoms with Crippen LogP contribution in [-0.4, -0.2) is 29.2 Å². The van der Waals surface area contributed by atoms with Gasteiger partial charge in [0.15, 0.2) is 0 Å². The molecule has 0 saturated carbocycles. The average molecular weight is 385 g/mol. The van der Waals surface area contributed by atoms with E-state index in [1.807, 2.05) is 44.2 Å². The first-order valence-corrected chi connectivity index (χ1v) is 8.93. The predicted molar refractivity (Wildman–Crippen MR) is 102 cm³/mol. The van der Waals surface area contributed by atoms with Crippen molar-refractivity contribution in [3.05, 3.63) is 65.7 Å². The van der Waals surface area contributed by atoms with Gasteiger partial charge in [-0.25, -0.2) is 14.4 Å². The summed E-state index contributed by atoms with van der Waals surface area (Å²) in [7, 11) is 0. The molecule has 0 aliphatic carbocycles. The van der Waals surface area contributed by atoms with Crippen LogP contribution in [0.3, 0.4) is 0 Å². The highest BCUT2D eigenvalue weighted by Crippen LogP contribution is 2.16. The van der Waals surface area contributed by atoms with Crippen molar-refractivity contribution in [3.8, 4) is 5.75 Å². The summed E-state index contributed by atoms with van der Waals surface area (Å²) in [5.74, 6) is -1.70. The minimum Gasteiger partial charge on any atom is -0.478 e. The molecule has 0 aliphatic rings. The molecule has 0 fully saturated rings. The van der Waals surface area contributed by atoms with E-state index in [-0.39, 0.29) is 23.8 Å². The zero-order valence-corrected chi connectivity index (χ0v) is 15.8. The Labute approximate surface area is 163 Å².